The predicted octanol–water partition coefficient (Wildman–Crippen LogP) is 1.10. The van der Waals surface area contributed by atoms with Crippen molar-refractivity contribution in [2.24, 2.45) is 0 Å². The van der Waals surface area contributed by atoms with Crippen LogP contribution in [-0.2, 0) is 0 Å². The summed E-state index contributed by atoms with van der Waals surface area (Å²) in [5, 5.41) is 0. The minimum absolute atomic E-state index is 0.00694. The lowest BCUT2D eigenvalue weighted by Crippen LogP contribution is -2.33. The largest absolute Gasteiger partial charge is 0.312 e. The highest BCUT2D eigenvalue weighted by Gasteiger charge is 2.44. The van der Waals surface area contributed by atoms with E-state index in [-0.39, 0.29) is 6.54 Å². The van der Waals surface area contributed by atoms with Crippen LogP contribution in [0.3, 0.4) is 0 Å². The van der Waals surface area contributed by atoms with Crippen molar-refractivity contribution in [3.8, 4) is 0 Å². The van der Waals surface area contributed by atoms with E-state index < -0.39 is 5.92 Å². The van der Waals surface area contributed by atoms with Gasteiger partial charge in [-0.2, -0.15) is 0 Å². The minimum atomic E-state index is -2.48. The Morgan fingerprint density at radius 1 is 1.44 bits per heavy atom. The van der Waals surface area contributed by atoms with Crippen LogP contribution in [0.15, 0.2) is 0 Å². The van der Waals surface area contributed by atoms with E-state index >= 15 is 0 Å². The van der Waals surface area contributed by atoms with E-state index in [1.54, 1.807) is 0 Å². The molecule has 1 fully saturated rings. The highest BCUT2D eigenvalue weighted by atomic mass is 19.3. The summed E-state index contributed by atoms with van der Waals surface area (Å²) in [6, 6.07) is 0. The van der Waals surface area contributed by atoms with Crippen LogP contribution in [0.4, 0.5) is 8.78 Å². The second kappa shape index (κ2) is 1.66. The minimum Gasteiger partial charge on any atom is -0.312 e. The molecule has 0 radical (unpaired) electrons. The molecule has 9 heavy (non-hydrogen) atoms. The normalized spacial score (nSPS) is 24.0. The Labute approximate surface area is 53.9 Å². The number of nitrogens with zero attached hydrogens (tertiary/aromatic N) is 1. The molecule has 0 aromatic carbocycles. The van der Waals surface area contributed by atoms with Crippen molar-refractivity contribution in [1.82, 2.24) is 0 Å². The molecule has 0 saturated carbocycles. The number of likely N-dealkylation sites (N-methyl/N-ethyl adjacent to an activating group) is 1. The molecule has 0 spiro atoms. The Bertz CT molecular complexity index is 109. The van der Waals surface area contributed by atoms with Gasteiger partial charge in [-0.3, -0.25) is 0 Å². The van der Waals surface area contributed by atoms with Gasteiger partial charge in [-0.05, 0) is 0 Å². The second-order valence-electron chi connectivity index (χ2n) is 3.30. The van der Waals surface area contributed by atoms with Gasteiger partial charge in [0.25, 0.3) is 5.92 Å². The van der Waals surface area contributed by atoms with Gasteiger partial charge in [0.2, 0.25) is 0 Å². The molecule has 0 aliphatic carbocycles. The first-order chi connectivity index (χ1) is 3.91. The van der Waals surface area contributed by atoms with Crippen LogP contribution in [0.2, 0.25) is 0 Å². The van der Waals surface area contributed by atoms with E-state index in [2.05, 4.69) is 0 Å². The maximum Gasteiger partial charge on any atom is 0.292 e. The van der Waals surface area contributed by atoms with Crippen LogP contribution in [0, 0.1) is 0 Å². The number of alkyl halides is 2. The summed E-state index contributed by atoms with van der Waals surface area (Å²) in [4.78, 5) is 0. The molecule has 1 saturated heterocycles. The molecule has 1 aliphatic rings. The van der Waals surface area contributed by atoms with Crippen molar-refractivity contribution >= 4 is 0 Å². The van der Waals surface area contributed by atoms with Crippen LogP contribution in [-0.4, -0.2) is 37.1 Å². The average Bonchev–Trinajstić information content (AvgIpc) is 2.12. The zero-order valence-electron chi connectivity index (χ0n) is 5.82. The average molecular weight is 136 g/mol. The van der Waals surface area contributed by atoms with Gasteiger partial charge in [0, 0.05) is 6.92 Å². The van der Waals surface area contributed by atoms with E-state index in [4.69, 9.17) is 0 Å². The third-order valence-corrected chi connectivity index (χ3v) is 1.65. The van der Waals surface area contributed by atoms with Crippen molar-refractivity contribution in [3.63, 3.8) is 0 Å². The third-order valence-electron chi connectivity index (χ3n) is 1.65. The second-order valence-corrected chi connectivity index (χ2v) is 3.30. The van der Waals surface area contributed by atoms with Crippen LogP contribution in [0.25, 0.3) is 0 Å². The number of halogens is 2. The van der Waals surface area contributed by atoms with Gasteiger partial charge in [0.05, 0.1) is 7.05 Å². The van der Waals surface area contributed by atoms with Gasteiger partial charge in [-0.15, -0.1) is 0 Å². The van der Waals surface area contributed by atoms with Crippen molar-refractivity contribution in [2.45, 2.75) is 12.8 Å². The molecule has 0 bridgehead atoms. The molecule has 1 heterocycles. The standard InChI is InChI=1S/C6H12F2N/c1-6(7,8)5-9(2)3-4-9/h3-5H2,1-2H3/q+1. The maximum atomic E-state index is 12.2. The van der Waals surface area contributed by atoms with Crippen molar-refractivity contribution in [1.29, 1.82) is 0 Å². The lowest BCUT2D eigenvalue weighted by molar-refractivity contribution is -0.787. The zero-order chi connectivity index (χ0) is 7.12. The molecule has 1 rings (SSSR count). The molecule has 0 aromatic rings. The zero-order valence-corrected chi connectivity index (χ0v) is 5.82. The molecule has 0 N–H and O–H groups in total. The fourth-order valence-corrected chi connectivity index (χ4v) is 0.999. The van der Waals surface area contributed by atoms with Gasteiger partial charge in [-0.1, -0.05) is 0 Å². The smallest absolute Gasteiger partial charge is 0.292 e. The predicted molar refractivity (Wildman–Crippen MR) is 31.4 cm³/mol. The van der Waals surface area contributed by atoms with Crippen LogP contribution in [0.5, 0.6) is 0 Å². The molecular formula is C6H12F2N+. The molecule has 0 amide bonds. The monoisotopic (exact) mass is 136 g/mol. The molecule has 3 heteroatoms. The lowest BCUT2D eigenvalue weighted by atomic mass is 10.4. The van der Waals surface area contributed by atoms with Gasteiger partial charge >= 0.3 is 0 Å². The molecule has 1 aliphatic heterocycles. The lowest BCUT2D eigenvalue weighted by Gasteiger charge is -2.16. The molecule has 0 unspecified atom stereocenters. The quantitative estimate of drug-likeness (QED) is 0.394. The van der Waals surface area contributed by atoms with E-state index in [1.165, 1.54) is 0 Å². The number of rotatable bonds is 2. The fraction of sp³-hybridized carbons (Fsp3) is 1.00. The van der Waals surface area contributed by atoms with E-state index in [1.807, 2.05) is 7.05 Å². The Balaban J connectivity index is 2.33. The topological polar surface area (TPSA) is 0 Å². The summed E-state index contributed by atoms with van der Waals surface area (Å²) in [5.41, 5.74) is 0. The molecule has 1 nitrogen and oxygen atoms in total. The van der Waals surface area contributed by atoms with E-state index in [9.17, 15) is 8.78 Å². The molecule has 0 aromatic heterocycles. The first kappa shape index (κ1) is 6.93. The number of hydrogen-bond donors (Lipinski definition) is 0. The molecule has 0 atom stereocenters. The third kappa shape index (κ3) is 2.26. The van der Waals surface area contributed by atoms with Crippen LogP contribution >= 0.6 is 0 Å². The summed E-state index contributed by atoms with van der Waals surface area (Å²) in [6.07, 6.45) is 0. The van der Waals surface area contributed by atoms with Gasteiger partial charge in [-0.25, -0.2) is 8.78 Å². The Morgan fingerprint density at radius 3 is 2.00 bits per heavy atom. The van der Waals surface area contributed by atoms with Gasteiger partial charge in [0.15, 0.2) is 0 Å². The van der Waals surface area contributed by atoms with E-state index in [0.29, 0.717) is 4.48 Å². The van der Waals surface area contributed by atoms with Crippen LogP contribution < -0.4 is 0 Å². The fourth-order valence-electron chi connectivity index (χ4n) is 0.999. The highest BCUT2D eigenvalue weighted by Crippen LogP contribution is 2.24. The van der Waals surface area contributed by atoms with Crippen molar-refractivity contribution < 1.29 is 13.3 Å². The molecular weight excluding hydrogens is 124 g/mol. The number of hydrogen-bond acceptors (Lipinski definition) is 0. The summed E-state index contributed by atoms with van der Waals surface area (Å²) in [7, 11) is 1.86. The van der Waals surface area contributed by atoms with Gasteiger partial charge in [0.1, 0.15) is 19.6 Å². The number of quaternary nitrogens is 1. The molecule has 54 valence electrons. The van der Waals surface area contributed by atoms with Crippen molar-refractivity contribution in [2.75, 3.05) is 26.7 Å². The Kier molecular flexibility index (Phi) is 1.28. The SMILES string of the molecule is CC(F)(F)C[N+]1(C)CC1. The first-order valence-corrected chi connectivity index (χ1v) is 3.13. The first-order valence-electron chi connectivity index (χ1n) is 3.13. The van der Waals surface area contributed by atoms with Crippen LogP contribution in [0.1, 0.15) is 6.92 Å². The summed E-state index contributed by atoms with van der Waals surface area (Å²) >= 11 is 0. The van der Waals surface area contributed by atoms with Crippen molar-refractivity contribution in [3.05, 3.63) is 0 Å². The summed E-state index contributed by atoms with van der Waals surface area (Å²) < 4.78 is 25.0. The maximum absolute atomic E-state index is 12.2. The Morgan fingerprint density at radius 2 is 1.89 bits per heavy atom. The van der Waals surface area contributed by atoms with E-state index in [0.717, 1.165) is 20.0 Å². The summed E-state index contributed by atoms with van der Waals surface area (Å²) in [5.74, 6) is -2.48. The highest BCUT2D eigenvalue weighted by molar-refractivity contribution is 4.62. The Hall–Kier alpha value is -0.180. The summed E-state index contributed by atoms with van der Waals surface area (Å²) in [6.45, 7) is 2.83. The van der Waals surface area contributed by atoms with Gasteiger partial charge < -0.3 is 4.48 Å².